The molecule has 1 fully saturated rings. The number of hydrogen-bond donors (Lipinski definition) is 1. The van der Waals surface area contributed by atoms with E-state index in [2.05, 4.69) is 10.3 Å². The van der Waals surface area contributed by atoms with Crippen molar-refractivity contribution < 1.29 is 9.59 Å². The summed E-state index contributed by atoms with van der Waals surface area (Å²) in [6.07, 6.45) is 6.07. The second-order valence-corrected chi connectivity index (χ2v) is 7.40. The van der Waals surface area contributed by atoms with Gasteiger partial charge in [-0.05, 0) is 37.1 Å². The molecule has 2 aliphatic rings. The lowest BCUT2D eigenvalue weighted by molar-refractivity contribution is -0.120. The molecule has 5 nitrogen and oxygen atoms in total. The first kappa shape index (κ1) is 16.1. The van der Waals surface area contributed by atoms with Gasteiger partial charge >= 0.3 is 0 Å². The number of nitrogens with one attached hydrogen (secondary N) is 1. The zero-order chi connectivity index (χ0) is 17.2. The van der Waals surface area contributed by atoms with Crippen LogP contribution in [0.2, 0.25) is 0 Å². The number of amides is 2. The van der Waals surface area contributed by atoms with Gasteiger partial charge in [0.1, 0.15) is 11.6 Å². The minimum absolute atomic E-state index is 0.0168. The Hall–Kier alpha value is -2.34. The number of benzene rings is 1. The van der Waals surface area contributed by atoms with Crippen molar-refractivity contribution in [3.63, 3.8) is 0 Å². The van der Waals surface area contributed by atoms with E-state index in [1.807, 2.05) is 24.3 Å². The van der Waals surface area contributed by atoms with Crippen LogP contribution in [0.3, 0.4) is 0 Å². The summed E-state index contributed by atoms with van der Waals surface area (Å²) in [6.45, 7) is 0.0168. The van der Waals surface area contributed by atoms with Crippen molar-refractivity contribution in [2.24, 2.45) is 0 Å². The molecule has 0 unspecified atom stereocenters. The summed E-state index contributed by atoms with van der Waals surface area (Å²) >= 11 is 1.47. The van der Waals surface area contributed by atoms with Crippen LogP contribution < -0.4 is 10.2 Å². The molecule has 25 heavy (non-hydrogen) atoms. The normalized spacial score (nSPS) is 17.0. The second-order valence-electron chi connectivity index (χ2n) is 6.37. The third kappa shape index (κ3) is 3.26. The number of carbonyl (C=O) groups excluding carboxylic acids is 2. The van der Waals surface area contributed by atoms with Gasteiger partial charge in [-0.3, -0.25) is 14.5 Å². The van der Waals surface area contributed by atoms with Crippen LogP contribution in [0.1, 0.15) is 36.0 Å². The summed E-state index contributed by atoms with van der Waals surface area (Å²) in [6, 6.07) is 11.4. The molecule has 128 valence electrons. The van der Waals surface area contributed by atoms with Gasteiger partial charge in [0.05, 0.1) is 11.3 Å². The van der Waals surface area contributed by atoms with E-state index in [0.717, 1.165) is 35.6 Å². The molecule has 1 aliphatic heterocycles. The summed E-state index contributed by atoms with van der Waals surface area (Å²) in [5.74, 6) is -0.268. The number of aromatic nitrogens is 1. The van der Waals surface area contributed by atoms with Gasteiger partial charge in [-0.2, -0.15) is 0 Å². The van der Waals surface area contributed by atoms with Gasteiger partial charge in [-0.1, -0.05) is 36.7 Å². The first-order chi connectivity index (χ1) is 12.2. The van der Waals surface area contributed by atoms with Crippen molar-refractivity contribution in [3.8, 4) is 0 Å². The fraction of sp³-hybridized carbons (Fsp3) is 0.316. The molecule has 1 aromatic heterocycles. The third-order valence-electron chi connectivity index (χ3n) is 4.63. The number of nitrogens with zero attached hydrogens (tertiary/aromatic N) is 2. The Morgan fingerprint density at radius 3 is 2.84 bits per heavy atom. The highest BCUT2D eigenvalue weighted by Crippen LogP contribution is 2.39. The van der Waals surface area contributed by atoms with Gasteiger partial charge in [-0.25, -0.2) is 4.98 Å². The van der Waals surface area contributed by atoms with Crippen LogP contribution in [0, 0.1) is 0 Å². The lowest BCUT2D eigenvalue weighted by Gasteiger charge is -2.23. The fourth-order valence-electron chi connectivity index (χ4n) is 3.40. The zero-order valence-corrected chi connectivity index (χ0v) is 14.6. The van der Waals surface area contributed by atoms with Crippen LogP contribution in [-0.4, -0.2) is 29.4 Å². The topological polar surface area (TPSA) is 62.3 Å². The molecule has 2 aromatic rings. The Morgan fingerprint density at radius 2 is 2.00 bits per heavy atom. The smallest absolute Gasteiger partial charge is 0.259 e. The first-order valence-electron chi connectivity index (χ1n) is 8.55. The number of hydrogen-bond acceptors (Lipinski definition) is 4. The van der Waals surface area contributed by atoms with Crippen molar-refractivity contribution in [1.82, 2.24) is 10.3 Å². The number of anilines is 1. The Labute approximate surface area is 150 Å². The summed E-state index contributed by atoms with van der Waals surface area (Å²) < 4.78 is 0. The number of rotatable bonds is 3. The van der Waals surface area contributed by atoms with Crippen molar-refractivity contribution in [3.05, 3.63) is 48.2 Å². The average molecular weight is 353 g/mol. The minimum Gasteiger partial charge on any atom is -0.352 e. The quantitative estimate of drug-likeness (QED) is 0.920. The number of pyridine rings is 1. The van der Waals surface area contributed by atoms with Crippen molar-refractivity contribution in [1.29, 1.82) is 0 Å². The summed E-state index contributed by atoms with van der Waals surface area (Å²) in [4.78, 5) is 32.4. The van der Waals surface area contributed by atoms with Crippen LogP contribution in [0.15, 0.2) is 52.5 Å². The van der Waals surface area contributed by atoms with Gasteiger partial charge in [0.25, 0.3) is 5.91 Å². The average Bonchev–Trinajstić information content (AvgIpc) is 3.09. The molecule has 0 saturated heterocycles. The SMILES string of the molecule is O=C(CN1C(=O)c2ccccc2Sc2ncccc21)NC1CCCC1. The van der Waals surface area contributed by atoms with Crippen LogP contribution in [-0.2, 0) is 4.79 Å². The highest BCUT2D eigenvalue weighted by Gasteiger charge is 2.29. The molecule has 0 bridgehead atoms. The monoisotopic (exact) mass is 353 g/mol. The van der Waals surface area contributed by atoms with E-state index in [1.54, 1.807) is 23.2 Å². The predicted molar refractivity (Wildman–Crippen MR) is 96.9 cm³/mol. The Kier molecular flexibility index (Phi) is 4.44. The van der Waals surface area contributed by atoms with E-state index in [1.165, 1.54) is 11.8 Å². The molecule has 4 rings (SSSR count). The first-order valence-corrected chi connectivity index (χ1v) is 9.37. The van der Waals surface area contributed by atoms with Crippen molar-refractivity contribution >= 4 is 29.3 Å². The second kappa shape index (κ2) is 6.88. The fourth-order valence-corrected chi connectivity index (χ4v) is 4.42. The molecule has 1 aromatic carbocycles. The molecule has 6 heteroatoms. The van der Waals surface area contributed by atoms with Crippen molar-refractivity contribution in [2.75, 3.05) is 11.4 Å². The molecule has 0 radical (unpaired) electrons. The van der Waals surface area contributed by atoms with Gasteiger partial charge in [0, 0.05) is 17.1 Å². The number of carbonyl (C=O) groups is 2. The lowest BCUT2D eigenvalue weighted by atomic mass is 10.2. The minimum atomic E-state index is -0.156. The largest absolute Gasteiger partial charge is 0.352 e. The molecular formula is C19H19N3O2S. The molecular weight excluding hydrogens is 334 g/mol. The van der Waals surface area contributed by atoms with E-state index in [4.69, 9.17) is 0 Å². The van der Waals surface area contributed by atoms with Crippen LogP contribution in [0.25, 0.3) is 0 Å². The highest BCUT2D eigenvalue weighted by molar-refractivity contribution is 7.99. The molecule has 1 saturated carbocycles. The maximum atomic E-state index is 13.1. The maximum Gasteiger partial charge on any atom is 0.259 e. The molecule has 2 amide bonds. The van der Waals surface area contributed by atoms with Gasteiger partial charge in [0.15, 0.2) is 0 Å². The van der Waals surface area contributed by atoms with Gasteiger partial charge < -0.3 is 5.32 Å². The van der Waals surface area contributed by atoms with Gasteiger partial charge in [0.2, 0.25) is 5.91 Å². The van der Waals surface area contributed by atoms with E-state index >= 15 is 0 Å². The summed E-state index contributed by atoms with van der Waals surface area (Å²) in [5, 5.41) is 3.81. The van der Waals surface area contributed by atoms with Crippen molar-refractivity contribution in [2.45, 2.75) is 41.6 Å². The Bertz CT molecular complexity index is 818. The van der Waals surface area contributed by atoms with E-state index in [-0.39, 0.29) is 24.4 Å². The van der Waals surface area contributed by atoms with Crippen LogP contribution in [0.4, 0.5) is 5.69 Å². The summed E-state index contributed by atoms with van der Waals surface area (Å²) in [5.41, 5.74) is 1.30. The van der Waals surface area contributed by atoms with Gasteiger partial charge in [-0.15, -0.1) is 0 Å². The molecule has 0 atom stereocenters. The molecule has 0 spiro atoms. The van der Waals surface area contributed by atoms with E-state index in [9.17, 15) is 9.59 Å². The third-order valence-corrected chi connectivity index (χ3v) is 5.72. The molecule has 1 N–H and O–H groups in total. The standard InChI is InChI=1S/C19H19N3O2S/c23-17(21-13-6-1-2-7-13)12-22-15-9-5-11-20-18(15)25-16-10-4-3-8-14(16)19(22)24/h3-5,8-11,13H,1-2,6-7,12H2,(H,21,23). The Morgan fingerprint density at radius 1 is 1.20 bits per heavy atom. The Balaban J connectivity index is 1.65. The van der Waals surface area contributed by atoms with Crippen LogP contribution >= 0.6 is 11.8 Å². The highest BCUT2D eigenvalue weighted by atomic mass is 32.2. The predicted octanol–water partition coefficient (Wildman–Crippen LogP) is 3.25. The summed E-state index contributed by atoms with van der Waals surface area (Å²) in [7, 11) is 0. The lowest BCUT2D eigenvalue weighted by Crippen LogP contribution is -2.43. The van der Waals surface area contributed by atoms with E-state index < -0.39 is 0 Å². The number of fused-ring (bicyclic) bond motifs is 2. The van der Waals surface area contributed by atoms with Crippen LogP contribution in [0.5, 0.6) is 0 Å². The molecule has 1 aliphatic carbocycles. The molecule has 2 heterocycles. The maximum absolute atomic E-state index is 13.1. The van der Waals surface area contributed by atoms with E-state index in [0.29, 0.717) is 11.3 Å². The zero-order valence-electron chi connectivity index (χ0n) is 13.8.